The quantitative estimate of drug-likeness (QED) is 0.193. The van der Waals surface area contributed by atoms with Crippen LogP contribution in [0, 0.1) is 0 Å². The van der Waals surface area contributed by atoms with E-state index in [4.69, 9.17) is 9.47 Å². The molecule has 1 saturated heterocycles. The number of amides is 3. The van der Waals surface area contributed by atoms with E-state index in [-0.39, 0.29) is 29.5 Å². The van der Waals surface area contributed by atoms with Gasteiger partial charge in [0.25, 0.3) is 11.1 Å². The molecule has 2 heterocycles. The first-order chi connectivity index (χ1) is 21.0. The van der Waals surface area contributed by atoms with E-state index < -0.39 is 6.23 Å². The minimum atomic E-state index is -0.864. The summed E-state index contributed by atoms with van der Waals surface area (Å²) in [4.78, 5) is 44.2. The number of anilines is 3. The third-order valence-corrected chi connectivity index (χ3v) is 8.14. The van der Waals surface area contributed by atoms with Crippen molar-refractivity contribution < 1.29 is 23.9 Å². The molecule has 0 saturated carbocycles. The molecule has 2 aliphatic rings. The maximum absolute atomic E-state index is 14.0. The number of imide groups is 1. The van der Waals surface area contributed by atoms with Gasteiger partial charge in [-0.1, -0.05) is 79.3 Å². The van der Waals surface area contributed by atoms with E-state index in [9.17, 15) is 14.4 Å². The number of carbonyl (C=O) groups excluding carboxylic acids is 3. The number of para-hydroxylation sites is 1. The Bertz CT molecular complexity index is 1620. The Hall–Kier alpha value is -4.60. The van der Waals surface area contributed by atoms with E-state index in [1.54, 1.807) is 11.0 Å². The lowest BCUT2D eigenvalue weighted by molar-refractivity contribution is -0.136. The van der Waals surface area contributed by atoms with Crippen molar-refractivity contribution >= 4 is 45.9 Å². The summed E-state index contributed by atoms with van der Waals surface area (Å²) < 4.78 is 12.1. The van der Waals surface area contributed by atoms with Gasteiger partial charge in [0.05, 0.1) is 17.0 Å². The van der Waals surface area contributed by atoms with Gasteiger partial charge in [-0.05, 0) is 48.4 Å². The number of nitrogens with zero attached hydrogens (tertiary/aromatic N) is 3. The molecule has 0 bridgehead atoms. The molecule has 1 atom stereocenters. The van der Waals surface area contributed by atoms with Crippen LogP contribution in [-0.2, 0) is 16.1 Å². The van der Waals surface area contributed by atoms with Crippen LogP contribution in [0.3, 0.4) is 0 Å². The average Bonchev–Trinajstić information content (AvgIpc) is 3.38. The Balaban J connectivity index is 1.34. The van der Waals surface area contributed by atoms with Crippen molar-refractivity contribution in [2.24, 2.45) is 0 Å². The summed E-state index contributed by atoms with van der Waals surface area (Å²) in [5.41, 5.74) is 4.53. The smallest absolute Gasteiger partial charge is 0.291 e. The molecule has 0 aliphatic carbocycles. The van der Waals surface area contributed by atoms with Crippen LogP contribution in [0.15, 0.2) is 103 Å². The van der Waals surface area contributed by atoms with Gasteiger partial charge in [-0.25, -0.2) is 4.90 Å². The Labute approximate surface area is 254 Å². The van der Waals surface area contributed by atoms with Gasteiger partial charge in [0.15, 0.2) is 6.23 Å². The largest absolute Gasteiger partial charge is 0.489 e. The first-order valence-corrected chi connectivity index (χ1v) is 15.2. The Morgan fingerprint density at radius 2 is 1.56 bits per heavy atom. The van der Waals surface area contributed by atoms with Crippen LogP contribution in [-0.4, -0.2) is 41.0 Å². The number of fused-ring (bicyclic) bond motifs is 1. The van der Waals surface area contributed by atoms with Crippen LogP contribution in [0.5, 0.6) is 5.75 Å². The van der Waals surface area contributed by atoms with E-state index in [0.717, 1.165) is 35.1 Å². The summed E-state index contributed by atoms with van der Waals surface area (Å²) in [5, 5.41) is -0.333. The van der Waals surface area contributed by atoms with Gasteiger partial charge in [0.2, 0.25) is 5.91 Å². The molecule has 8 nitrogen and oxygen atoms in total. The van der Waals surface area contributed by atoms with Crippen molar-refractivity contribution in [2.75, 3.05) is 28.8 Å². The fraction of sp³-hybridized carbons (Fsp3) is 0.206. The molecule has 9 heteroatoms. The normalized spacial score (nSPS) is 15.6. The summed E-state index contributed by atoms with van der Waals surface area (Å²) in [6, 6.07) is 32.7. The fourth-order valence-corrected chi connectivity index (χ4v) is 5.91. The van der Waals surface area contributed by atoms with Crippen molar-refractivity contribution in [1.82, 2.24) is 4.90 Å². The van der Waals surface area contributed by atoms with E-state index in [2.05, 4.69) is 4.90 Å². The maximum atomic E-state index is 14.0. The maximum Gasteiger partial charge on any atom is 0.291 e. The lowest BCUT2D eigenvalue weighted by atomic mass is 10.0. The number of rotatable bonds is 10. The van der Waals surface area contributed by atoms with Gasteiger partial charge in [0.1, 0.15) is 19.0 Å². The highest BCUT2D eigenvalue weighted by Crippen LogP contribution is 2.39. The van der Waals surface area contributed by atoms with Crippen molar-refractivity contribution in [1.29, 1.82) is 0 Å². The number of hydrogen-bond donors (Lipinski definition) is 0. The molecule has 0 N–H and O–H groups in total. The van der Waals surface area contributed by atoms with Crippen LogP contribution in [0.2, 0.25) is 0 Å². The predicted molar refractivity (Wildman–Crippen MR) is 168 cm³/mol. The molecule has 1 unspecified atom stereocenters. The topological polar surface area (TPSA) is 79.4 Å². The molecule has 1 fully saturated rings. The standard InChI is InChI=1S/C34H31N3O5S/c1-2-18-41-33(37-31(38)22-43-34(37)40)25-12-9-15-27(19-25)36-23-35(26-13-7-4-8-14-26)30-20-28(16-17-29(30)32(36)39)42-21-24-10-5-3-6-11-24/h3-17,19-20,33H,2,18,21-23H2,1H3. The number of hydrogen-bond acceptors (Lipinski definition) is 7. The van der Waals surface area contributed by atoms with Gasteiger partial charge in [0, 0.05) is 29.6 Å². The van der Waals surface area contributed by atoms with E-state index in [1.165, 1.54) is 4.90 Å². The minimum absolute atomic E-state index is 0.0923. The van der Waals surface area contributed by atoms with Crippen LogP contribution in [0.1, 0.15) is 41.1 Å². The fourth-order valence-electron chi connectivity index (χ4n) is 5.19. The lowest BCUT2D eigenvalue weighted by Crippen LogP contribution is -2.45. The van der Waals surface area contributed by atoms with Crippen LogP contribution in [0.4, 0.5) is 21.9 Å². The zero-order chi connectivity index (χ0) is 29.8. The monoisotopic (exact) mass is 593 g/mol. The molecule has 6 rings (SSSR count). The molecule has 0 spiro atoms. The van der Waals surface area contributed by atoms with Crippen LogP contribution >= 0.6 is 11.8 Å². The van der Waals surface area contributed by atoms with Crippen molar-refractivity contribution in [2.45, 2.75) is 26.2 Å². The first-order valence-electron chi connectivity index (χ1n) is 14.2. The Kier molecular flexibility index (Phi) is 8.44. The van der Waals surface area contributed by atoms with Crippen molar-refractivity contribution in [3.05, 3.63) is 120 Å². The minimum Gasteiger partial charge on any atom is -0.489 e. The molecule has 43 heavy (non-hydrogen) atoms. The summed E-state index contributed by atoms with van der Waals surface area (Å²) in [7, 11) is 0. The number of carbonyl (C=O) groups is 3. The number of thioether (sulfide) groups is 1. The molecule has 0 radical (unpaired) electrons. The second-order valence-corrected chi connectivity index (χ2v) is 11.2. The van der Waals surface area contributed by atoms with E-state index >= 15 is 0 Å². The molecule has 218 valence electrons. The summed E-state index contributed by atoms with van der Waals surface area (Å²) in [6.07, 6.45) is -0.138. The van der Waals surface area contributed by atoms with Gasteiger partial charge >= 0.3 is 0 Å². The molecule has 4 aromatic carbocycles. The lowest BCUT2D eigenvalue weighted by Gasteiger charge is -2.38. The third kappa shape index (κ3) is 6.00. The second-order valence-electron chi connectivity index (χ2n) is 10.2. The van der Waals surface area contributed by atoms with Crippen molar-refractivity contribution in [3.8, 4) is 5.75 Å². The molecular weight excluding hydrogens is 562 g/mol. The first kappa shape index (κ1) is 28.5. The second kappa shape index (κ2) is 12.7. The zero-order valence-corrected chi connectivity index (χ0v) is 24.5. The van der Waals surface area contributed by atoms with E-state index in [1.807, 2.05) is 104 Å². The van der Waals surface area contributed by atoms with Crippen LogP contribution in [0.25, 0.3) is 0 Å². The van der Waals surface area contributed by atoms with Crippen molar-refractivity contribution in [3.63, 3.8) is 0 Å². The van der Waals surface area contributed by atoms with Gasteiger partial charge in [-0.2, -0.15) is 0 Å². The molecule has 4 aromatic rings. The highest BCUT2D eigenvalue weighted by molar-refractivity contribution is 8.14. The van der Waals surface area contributed by atoms with Gasteiger partial charge in [-0.15, -0.1) is 0 Å². The average molecular weight is 594 g/mol. The highest BCUT2D eigenvalue weighted by Gasteiger charge is 2.38. The molecular formula is C34H31N3O5S. The molecule has 3 amide bonds. The van der Waals surface area contributed by atoms with Crippen LogP contribution < -0.4 is 14.5 Å². The molecule has 0 aromatic heterocycles. The van der Waals surface area contributed by atoms with Gasteiger partial charge < -0.3 is 14.4 Å². The summed E-state index contributed by atoms with van der Waals surface area (Å²) >= 11 is 0.972. The van der Waals surface area contributed by atoms with Gasteiger partial charge in [-0.3, -0.25) is 19.3 Å². The zero-order valence-electron chi connectivity index (χ0n) is 23.7. The Morgan fingerprint density at radius 1 is 0.814 bits per heavy atom. The third-order valence-electron chi connectivity index (χ3n) is 7.30. The summed E-state index contributed by atoms with van der Waals surface area (Å²) in [5.74, 6) is 0.309. The number of ether oxygens (including phenoxy) is 2. The summed E-state index contributed by atoms with van der Waals surface area (Å²) in [6.45, 7) is 3.01. The van der Waals surface area contributed by atoms with E-state index in [0.29, 0.717) is 35.8 Å². The molecule has 2 aliphatic heterocycles. The SMILES string of the molecule is CCCOC(c1cccc(N2CN(c3ccccc3)c3cc(OCc4ccccc4)ccc3C2=O)c1)N1C(=O)CSC1=O. The predicted octanol–water partition coefficient (Wildman–Crippen LogP) is 7.14. The highest BCUT2D eigenvalue weighted by atomic mass is 32.2. The number of benzene rings is 4. The Morgan fingerprint density at radius 3 is 2.28 bits per heavy atom.